The van der Waals surface area contributed by atoms with E-state index in [0.29, 0.717) is 24.6 Å². The Hall–Kier alpha value is -4.11. The highest BCUT2D eigenvalue weighted by Gasteiger charge is 2.31. The van der Waals surface area contributed by atoms with E-state index in [2.05, 4.69) is 55.3 Å². The van der Waals surface area contributed by atoms with Crippen LogP contribution in [-0.4, -0.2) is 56.0 Å². The van der Waals surface area contributed by atoms with Crippen molar-refractivity contribution in [3.8, 4) is 17.1 Å². The first-order valence-electron chi connectivity index (χ1n) is 12.2. The molecule has 36 heavy (non-hydrogen) atoms. The molecule has 0 spiro atoms. The zero-order valence-electron chi connectivity index (χ0n) is 19.8. The average Bonchev–Trinajstić information content (AvgIpc) is 3.56. The molecule has 3 aromatic heterocycles. The molecular formula is C27H24FN7O. The Kier molecular flexibility index (Phi) is 4.69. The van der Waals surface area contributed by atoms with Crippen molar-refractivity contribution < 1.29 is 9.13 Å². The highest BCUT2D eigenvalue weighted by Crippen LogP contribution is 2.45. The molecule has 180 valence electrons. The third-order valence-electron chi connectivity index (χ3n) is 7.37. The van der Waals surface area contributed by atoms with Crippen LogP contribution in [0.25, 0.3) is 44.6 Å². The summed E-state index contributed by atoms with van der Waals surface area (Å²) in [5.41, 5.74) is 6.70. The summed E-state index contributed by atoms with van der Waals surface area (Å²) in [6, 6.07) is 9.53. The van der Waals surface area contributed by atoms with E-state index in [-0.39, 0.29) is 11.7 Å². The summed E-state index contributed by atoms with van der Waals surface area (Å²) in [6.45, 7) is 9.53. The molecule has 9 heteroatoms. The standard InChI is InChI=1S/C27H24FN7O/c1-3-17-15(2)18-4-5-20(28)25-23(18)21(6-7-29-25)35-22-13-16(34-8-10-36-11-9-34)12-19(24(22)32-27(17)35)26-30-14-31-33-26/h4-7,12-14,17H,2-3,8-11H2,1H3,(H,30,31,33). The van der Waals surface area contributed by atoms with E-state index in [1.54, 1.807) is 12.5 Å². The fourth-order valence-electron chi connectivity index (χ4n) is 5.63. The molecule has 1 fully saturated rings. The summed E-state index contributed by atoms with van der Waals surface area (Å²) in [6.07, 6.45) is 4.04. The molecule has 5 heterocycles. The first-order chi connectivity index (χ1) is 17.7. The summed E-state index contributed by atoms with van der Waals surface area (Å²) < 4.78 is 22.7. The minimum atomic E-state index is -0.347. The Balaban J connectivity index is 1.62. The molecule has 0 aliphatic carbocycles. The smallest absolute Gasteiger partial charge is 0.163 e. The molecule has 5 aromatic rings. The van der Waals surface area contributed by atoms with Crippen molar-refractivity contribution in [3.05, 3.63) is 66.6 Å². The molecule has 1 unspecified atom stereocenters. The number of hydrogen-bond donors (Lipinski definition) is 1. The maximum absolute atomic E-state index is 15.0. The van der Waals surface area contributed by atoms with Crippen LogP contribution >= 0.6 is 0 Å². The van der Waals surface area contributed by atoms with E-state index in [0.717, 1.165) is 69.8 Å². The summed E-state index contributed by atoms with van der Waals surface area (Å²) in [5.74, 6) is 1.14. The molecule has 8 nitrogen and oxygen atoms in total. The van der Waals surface area contributed by atoms with Gasteiger partial charge in [0.05, 0.1) is 24.4 Å². The summed E-state index contributed by atoms with van der Waals surface area (Å²) in [7, 11) is 0. The fraction of sp³-hybridized carbons (Fsp3) is 0.259. The lowest BCUT2D eigenvalue weighted by molar-refractivity contribution is 0.122. The summed E-state index contributed by atoms with van der Waals surface area (Å²) in [5, 5.41) is 9.09. The zero-order valence-corrected chi connectivity index (χ0v) is 19.8. The Morgan fingerprint density at radius 1 is 1.14 bits per heavy atom. The van der Waals surface area contributed by atoms with Gasteiger partial charge < -0.3 is 14.6 Å². The van der Waals surface area contributed by atoms with Gasteiger partial charge in [0.25, 0.3) is 0 Å². The van der Waals surface area contributed by atoms with Crippen LogP contribution in [0.1, 0.15) is 30.7 Å². The number of benzene rings is 2. The summed E-state index contributed by atoms with van der Waals surface area (Å²) >= 11 is 0. The highest BCUT2D eigenvalue weighted by molar-refractivity contribution is 6.03. The minimum Gasteiger partial charge on any atom is -0.378 e. The molecular weight excluding hydrogens is 457 g/mol. The average molecular weight is 482 g/mol. The molecule has 0 radical (unpaired) electrons. The number of morpholine rings is 1. The first kappa shape index (κ1) is 21.2. The van der Waals surface area contributed by atoms with Crippen LogP contribution in [0.4, 0.5) is 10.1 Å². The number of allylic oxidation sites excluding steroid dienone is 1. The molecule has 2 aromatic carbocycles. The van der Waals surface area contributed by atoms with Crippen molar-refractivity contribution in [2.24, 2.45) is 0 Å². The van der Waals surface area contributed by atoms with Gasteiger partial charge >= 0.3 is 0 Å². The van der Waals surface area contributed by atoms with Gasteiger partial charge in [-0.3, -0.25) is 9.55 Å². The molecule has 0 saturated carbocycles. The number of fused-ring (bicyclic) bond motifs is 4. The second-order valence-electron chi connectivity index (χ2n) is 9.24. The van der Waals surface area contributed by atoms with Crippen LogP contribution < -0.4 is 4.90 Å². The topological polar surface area (TPSA) is 84.8 Å². The van der Waals surface area contributed by atoms with Crippen molar-refractivity contribution in [3.63, 3.8) is 0 Å². The Labute approximate surface area is 206 Å². The number of H-pyrrole nitrogens is 1. The lowest BCUT2D eigenvalue weighted by atomic mass is 9.90. The lowest BCUT2D eigenvalue weighted by Gasteiger charge is -2.29. The van der Waals surface area contributed by atoms with Crippen LogP contribution in [0, 0.1) is 5.82 Å². The van der Waals surface area contributed by atoms with Crippen molar-refractivity contribution in [2.45, 2.75) is 19.3 Å². The van der Waals surface area contributed by atoms with Gasteiger partial charge in [0, 0.05) is 41.8 Å². The van der Waals surface area contributed by atoms with Crippen LogP contribution in [0.5, 0.6) is 0 Å². The molecule has 1 atom stereocenters. The second kappa shape index (κ2) is 7.96. The van der Waals surface area contributed by atoms with Gasteiger partial charge in [-0.25, -0.2) is 9.37 Å². The fourth-order valence-corrected chi connectivity index (χ4v) is 5.63. The van der Waals surface area contributed by atoms with E-state index in [4.69, 9.17) is 9.72 Å². The number of nitrogens with one attached hydrogen (secondary N) is 1. The Morgan fingerprint density at radius 2 is 2.00 bits per heavy atom. The molecule has 0 bridgehead atoms. The number of rotatable bonds is 3. The normalized spacial score (nSPS) is 17.6. The number of nitrogens with zero attached hydrogens (tertiary/aromatic N) is 6. The minimum absolute atomic E-state index is 0.0483. The van der Waals surface area contributed by atoms with Crippen molar-refractivity contribution in [2.75, 3.05) is 31.2 Å². The van der Waals surface area contributed by atoms with Crippen molar-refractivity contribution in [1.82, 2.24) is 29.7 Å². The van der Waals surface area contributed by atoms with E-state index < -0.39 is 0 Å². The number of anilines is 1. The molecule has 2 aliphatic heterocycles. The van der Waals surface area contributed by atoms with Gasteiger partial charge in [0.2, 0.25) is 0 Å². The third kappa shape index (κ3) is 2.95. The van der Waals surface area contributed by atoms with Crippen LogP contribution in [0.2, 0.25) is 0 Å². The van der Waals surface area contributed by atoms with E-state index in [9.17, 15) is 4.39 Å². The van der Waals surface area contributed by atoms with Crippen LogP contribution in [0.3, 0.4) is 0 Å². The van der Waals surface area contributed by atoms with Crippen LogP contribution in [0.15, 0.2) is 49.4 Å². The predicted octanol–water partition coefficient (Wildman–Crippen LogP) is 4.85. The number of aromatic amines is 1. The number of imidazole rings is 1. The van der Waals surface area contributed by atoms with Gasteiger partial charge in [-0.05, 0) is 41.8 Å². The molecule has 2 aliphatic rings. The monoisotopic (exact) mass is 481 g/mol. The van der Waals surface area contributed by atoms with E-state index >= 15 is 0 Å². The van der Waals surface area contributed by atoms with Crippen molar-refractivity contribution in [1.29, 1.82) is 0 Å². The molecule has 1 N–H and O–H groups in total. The van der Waals surface area contributed by atoms with Gasteiger partial charge in [-0.2, -0.15) is 0 Å². The number of hydrogen-bond acceptors (Lipinski definition) is 6. The third-order valence-corrected chi connectivity index (χ3v) is 7.37. The maximum Gasteiger partial charge on any atom is 0.163 e. The number of aromatic nitrogens is 6. The molecule has 0 amide bonds. The van der Waals surface area contributed by atoms with Gasteiger partial charge in [-0.15, -0.1) is 10.2 Å². The summed E-state index contributed by atoms with van der Waals surface area (Å²) in [4.78, 5) is 15.1. The van der Waals surface area contributed by atoms with Gasteiger partial charge in [0.15, 0.2) is 5.82 Å². The maximum atomic E-state index is 15.0. The Bertz CT molecular complexity index is 1650. The van der Waals surface area contributed by atoms with Crippen LogP contribution in [-0.2, 0) is 4.74 Å². The van der Waals surface area contributed by atoms with E-state index in [1.165, 1.54) is 6.07 Å². The zero-order chi connectivity index (χ0) is 24.4. The van der Waals surface area contributed by atoms with E-state index in [1.807, 2.05) is 12.1 Å². The first-order valence-corrected chi connectivity index (χ1v) is 12.2. The largest absolute Gasteiger partial charge is 0.378 e. The van der Waals surface area contributed by atoms with Gasteiger partial charge in [0.1, 0.15) is 29.0 Å². The molecule has 1 saturated heterocycles. The lowest BCUT2D eigenvalue weighted by Crippen LogP contribution is -2.36. The van der Waals surface area contributed by atoms with Gasteiger partial charge in [-0.1, -0.05) is 19.6 Å². The quantitative estimate of drug-likeness (QED) is 0.396. The predicted molar refractivity (Wildman–Crippen MR) is 137 cm³/mol. The number of ether oxygens (including phenoxy) is 1. The molecule has 7 rings (SSSR count). The highest BCUT2D eigenvalue weighted by atomic mass is 19.1. The SMILES string of the molecule is C=C1c2ccc(F)c3nccc(c23)-n2c(nc3c(-c4nnc[nH]4)cc(N4CCOCC4)cc32)C1CC. The Morgan fingerprint density at radius 3 is 2.78 bits per heavy atom. The number of halogens is 1. The second-order valence-corrected chi connectivity index (χ2v) is 9.24. The number of pyridine rings is 1. The van der Waals surface area contributed by atoms with Crippen molar-refractivity contribution >= 4 is 33.2 Å².